The zero-order valence-electron chi connectivity index (χ0n) is 14.8. The van der Waals surface area contributed by atoms with Crippen molar-refractivity contribution in [3.05, 3.63) is 35.4 Å². The van der Waals surface area contributed by atoms with Gasteiger partial charge in [0.15, 0.2) is 5.96 Å². The van der Waals surface area contributed by atoms with Gasteiger partial charge >= 0.3 is 0 Å². The number of nitrogens with zero attached hydrogens (tertiary/aromatic N) is 1. The summed E-state index contributed by atoms with van der Waals surface area (Å²) in [5.74, 6) is 3.32. The van der Waals surface area contributed by atoms with Crippen LogP contribution >= 0.6 is 24.0 Å². The largest absolute Gasteiger partial charge is 0.373 e. The van der Waals surface area contributed by atoms with Crippen molar-refractivity contribution >= 4 is 29.9 Å². The van der Waals surface area contributed by atoms with E-state index in [1.807, 2.05) is 0 Å². The van der Waals surface area contributed by atoms with E-state index in [1.54, 1.807) is 11.1 Å². The minimum Gasteiger partial charge on any atom is -0.373 e. The Labute approximate surface area is 167 Å². The summed E-state index contributed by atoms with van der Waals surface area (Å²) >= 11 is 0. The van der Waals surface area contributed by atoms with Crippen LogP contribution in [0.1, 0.15) is 43.2 Å². The van der Waals surface area contributed by atoms with Crippen molar-refractivity contribution in [1.29, 1.82) is 0 Å². The lowest BCUT2D eigenvalue weighted by molar-refractivity contribution is 0.0992. The summed E-state index contributed by atoms with van der Waals surface area (Å²) in [6.07, 6.45) is 5.70. The number of aliphatic imine (C=N–C) groups is 1. The van der Waals surface area contributed by atoms with Crippen molar-refractivity contribution in [1.82, 2.24) is 10.6 Å². The van der Waals surface area contributed by atoms with E-state index in [-0.39, 0.29) is 24.0 Å². The molecule has 6 atom stereocenters. The summed E-state index contributed by atoms with van der Waals surface area (Å²) in [7, 11) is 0. The SMILES string of the molecule is CCNC(=NCC1C2Cc3ccccc3C12)NC1CC2CCC1O2.I. The molecular formula is C20H28IN3O. The number of nitrogens with one attached hydrogen (secondary N) is 2. The summed E-state index contributed by atoms with van der Waals surface area (Å²) < 4.78 is 5.96. The molecule has 0 aromatic heterocycles. The number of fused-ring (bicyclic) bond motifs is 5. The Morgan fingerprint density at radius 3 is 2.92 bits per heavy atom. The van der Waals surface area contributed by atoms with Crippen LogP contribution in [-0.4, -0.2) is 37.3 Å². The molecule has 0 radical (unpaired) electrons. The number of benzene rings is 1. The van der Waals surface area contributed by atoms with Crippen molar-refractivity contribution in [2.75, 3.05) is 13.1 Å². The normalized spacial score (nSPS) is 37.2. The van der Waals surface area contributed by atoms with Crippen molar-refractivity contribution in [3.63, 3.8) is 0 Å². The third-order valence-electron chi connectivity index (χ3n) is 6.43. The van der Waals surface area contributed by atoms with E-state index < -0.39 is 0 Å². The van der Waals surface area contributed by atoms with Gasteiger partial charge in [-0.25, -0.2) is 0 Å². The molecule has 2 N–H and O–H groups in total. The summed E-state index contributed by atoms with van der Waals surface area (Å²) in [5, 5.41) is 7.05. The van der Waals surface area contributed by atoms with Crippen LogP contribution in [0.4, 0.5) is 0 Å². The molecule has 2 heterocycles. The molecule has 1 aromatic rings. The molecule has 6 unspecified atom stereocenters. The minimum atomic E-state index is 0. The highest BCUT2D eigenvalue weighted by Gasteiger charge is 2.55. The van der Waals surface area contributed by atoms with Crippen LogP contribution in [0, 0.1) is 11.8 Å². The Morgan fingerprint density at radius 1 is 1.28 bits per heavy atom. The Bertz CT molecular complexity index is 664. The number of rotatable bonds is 4. The summed E-state index contributed by atoms with van der Waals surface area (Å²) in [6.45, 7) is 3.99. The summed E-state index contributed by atoms with van der Waals surface area (Å²) in [5.41, 5.74) is 3.15. The van der Waals surface area contributed by atoms with E-state index in [0.29, 0.717) is 18.2 Å². The van der Waals surface area contributed by atoms with Crippen molar-refractivity contribution in [2.45, 2.75) is 56.8 Å². The summed E-state index contributed by atoms with van der Waals surface area (Å²) in [4.78, 5) is 4.92. The molecule has 1 saturated carbocycles. The van der Waals surface area contributed by atoms with Gasteiger partial charge in [-0.05, 0) is 61.5 Å². The molecular weight excluding hydrogens is 425 g/mol. The van der Waals surface area contributed by atoms with E-state index in [4.69, 9.17) is 9.73 Å². The Hall–Kier alpha value is -0.820. The first-order valence-corrected chi connectivity index (χ1v) is 9.61. The first-order valence-electron chi connectivity index (χ1n) is 9.61. The van der Waals surface area contributed by atoms with Gasteiger partial charge in [-0.2, -0.15) is 0 Å². The molecule has 2 saturated heterocycles. The minimum absolute atomic E-state index is 0. The van der Waals surface area contributed by atoms with Crippen LogP contribution in [0.25, 0.3) is 0 Å². The van der Waals surface area contributed by atoms with Gasteiger partial charge in [-0.1, -0.05) is 24.3 Å². The average Bonchev–Trinajstić information content (AvgIpc) is 2.99. The van der Waals surface area contributed by atoms with E-state index in [2.05, 4.69) is 41.8 Å². The molecule has 0 spiro atoms. The van der Waals surface area contributed by atoms with Gasteiger partial charge in [0.1, 0.15) is 0 Å². The van der Waals surface area contributed by atoms with Gasteiger partial charge in [0.05, 0.1) is 18.2 Å². The number of halogens is 1. The van der Waals surface area contributed by atoms with E-state index in [1.165, 1.54) is 19.3 Å². The quantitative estimate of drug-likeness (QED) is 0.419. The molecule has 0 amide bonds. The second-order valence-electron chi connectivity index (χ2n) is 7.84. The maximum Gasteiger partial charge on any atom is 0.191 e. The third-order valence-corrected chi connectivity index (χ3v) is 6.43. The average molecular weight is 453 g/mol. The standard InChI is InChI=1S/C20H27N3O.HI/c1-2-21-20(23-17-10-13-7-8-18(17)24-13)22-11-16-15-9-12-5-3-4-6-14(12)19(15)16;/h3-6,13,15-19H,2,7-11H2,1H3,(H2,21,22,23);1H. The fraction of sp³-hybridized carbons (Fsp3) is 0.650. The highest BCUT2D eigenvalue weighted by Crippen LogP contribution is 2.61. The lowest BCUT2D eigenvalue weighted by Gasteiger charge is -2.22. The first-order chi connectivity index (χ1) is 11.8. The zero-order chi connectivity index (χ0) is 16.1. The lowest BCUT2D eigenvalue weighted by atomic mass is 9.96. The van der Waals surface area contributed by atoms with Gasteiger partial charge < -0.3 is 15.4 Å². The molecule has 2 aliphatic carbocycles. The van der Waals surface area contributed by atoms with Crippen LogP contribution in [-0.2, 0) is 11.2 Å². The van der Waals surface area contributed by atoms with Crippen LogP contribution in [0.3, 0.4) is 0 Å². The number of hydrogen-bond acceptors (Lipinski definition) is 2. The molecule has 2 bridgehead atoms. The molecule has 5 heteroatoms. The molecule has 4 nitrogen and oxygen atoms in total. The van der Waals surface area contributed by atoms with Crippen LogP contribution in [0.15, 0.2) is 29.3 Å². The van der Waals surface area contributed by atoms with Gasteiger partial charge in [0.2, 0.25) is 0 Å². The van der Waals surface area contributed by atoms with E-state index in [0.717, 1.165) is 43.2 Å². The van der Waals surface area contributed by atoms with E-state index in [9.17, 15) is 0 Å². The second kappa shape index (κ2) is 7.06. The van der Waals surface area contributed by atoms with Gasteiger partial charge in [0.25, 0.3) is 0 Å². The molecule has 2 aliphatic heterocycles. The Kier molecular flexibility index (Phi) is 4.97. The smallest absolute Gasteiger partial charge is 0.191 e. The second-order valence-corrected chi connectivity index (χ2v) is 7.84. The zero-order valence-corrected chi connectivity index (χ0v) is 17.1. The third kappa shape index (κ3) is 3.18. The molecule has 25 heavy (non-hydrogen) atoms. The Balaban J connectivity index is 0.00000157. The predicted molar refractivity (Wildman–Crippen MR) is 111 cm³/mol. The fourth-order valence-electron chi connectivity index (χ4n) is 5.21. The van der Waals surface area contributed by atoms with Crippen molar-refractivity contribution in [3.8, 4) is 0 Å². The monoisotopic (exact) mass is 453 g/mol. The topological polar surface area (TPSA) is 45.7 Å². The van der Waals surface area contributed by atoms with Crippen LogP contribution in [0.5, 0.6) is 0 Å². The number of ether oxygens (including phenoxy) is 1. The fourth-order valence-corrected chi connectivity index (χ4v) is 5.21. The van der Waals surface area contributed by atoms with Gasteiger partial charge in [0, 0.05) is 13.1 Å². The molecule has 1 aromatic carbocycles. The van der Waals surface area contributed by atoms with Gasteiger partial charge in [-0.3, -0.25) is 4.99 Å². The maximum atomic E-state index is 5.96. The lowest BCUT2D eigenvalue weighted by Crippen LogP contribution is -2.47. The first kappa shape index (κ1) is 17.6. The van der Waals surface area contributed by atoms with Crippen molar-refractivity contribution in [2.24, 2.45) is 16.8 Å². The predicted octanol–water partition coefficient (Wildman–Crippen LogP) is 3.07. The van der Waals surface area contributed by atoms with Crippen molar-refractivity contribution < 1.29 is 4.74 Å². The highest BCUT2D eigenvalue weighted by atomic mass is 127. The molecule has 5 rings (SSSR count). The van der Waals surface area contributed by atoms with E-state index >= 15 is 0 Å². The number of hydrogen-bond donors (Lipinski definition) is 2. The molecule has 4 aliphatic rings. The van der Waals surface area contributed by atoms with Gasteiger partial charge in [-0.15, -0.1) is 24.0 Å². The molecule has 3 fully saturated rings. The maximum absolute atomic E-state index is 5.96. The summed E-state index contributed by atoms with van der Waals surface area (Å²) in [6, 6.07) is 9.41. The Morgan fingerprint density at radius 2 is 2.16 bits per heavy atom. The number of guanidine groups is 1. The van der Waals surface area contributed by atoms with Crippen LogP contribution in [0.2, 0.25) is 0 Å². The van der Waals surface area contributed by atoms with Crippen LogP contribution < -0.4 is 10.6 Å². The highest BCUT2D eigenvalue weighted by molar-refractivity contribution is 14.0. The molecule has 136 valence electrons.